The van der Waals surface area contributed by atoms with E-state index in [0.29, 0.717) is 5.92 Å². The highest BCUT2D eigenvalue weighted by atomic mass is 16.3. The molecule has 3 N–H and O–H groups in total. The first-order chi connectivity index (χ1) is 4.69. The van der Waals surface area contributed by atoms with E-state index in [1.807, 2.05) is 0 Å². The Morgan fingerprint density at radius 3 is 2.70 bits per heavy atom. The largest absolute Gasteiger partial charge is 0.394 e. The number of aliphatic hydroxyl groups is 1. The molecule has 0 spiro atoms. The van der Waals surface area contributed by atoms with Gasteiger partial charge in [-0.2, -0.15) is 0 Å². The van der Waals surface area contributed by atoms with Crippen molar-refractivity contribution in [3.05, 3.63) is 0 Å². The van der Waals surface area contributed by atoms with E-state index in [2.05, 4.69) is 6.92 Å². The van der Waals surface area contributed by atoms with Gasteiger partial charge in [0.1, 0.15) is 0 Å². The molecule has 0 radical (unpaired) electrons. The van der Waals surface area contributed by atoms with Crippen molar-refractivity contribution in [3.63, 3.8) is 0 Å². The van der Waals surface area contributed by atoms with Crippen LogP contribution in [0.25, 0.3) is 0 Å². The lowest BCUT2D eigenvalue weighted by Gasteiger charge is -2.37. The average Bonchev–Trinajstić information content (AvgIpc) is 1.96. The summed E-state index contributed by atoms with van der Waals surface area (Å²) in [5, 5.41) is 9.00. The minimum atomic E-state index is -0.266. The summed E-state index contributed by atoms with van der Waals surface area (Å²) in [5.74, 6) is 0.492. The van der Waals surface area contributed by atoms with Gasteiger partial charge in [0.25, 0.3) is 0 Å². The van der Waals surface area contributed by atoms with Crippen molar-refractivity contribution < 1.29 is 5.11 Å². The Morgan fingerprint density at radius 1 is 1.60 bits per heavy atom. The van der Waals surface area contributed by atoms with Gasteiger partial charge in [0.2, 0.25) is 0 Å². The highest BCUT2D eigenvalue weighted by Gasteiger charge is 2.33. The van der Waals surface area contributed by atoms with E-state index in [0.717, 1.165) is 6.42 Å². The van der Waals surface area contributed by atoms with Gasteiger partial charge in [-0.25, -0.2) is 0 Å². The van der Waals surface area contributed by atoms with Crippen molar-refractivity contribution in [1.29, 1.82) is 0 Å². The molecule has 0 unspecified atom stereocenters. The summed E-state index contributed by atoms with van der Waals surface area (Å²) in [6.45, 7) is 2.28. The Bertz CT molecular complexity index is 116. The lowest BCUT2D eigenvalue weighted by atomic mass is 9.75. The molecule has 1 aliphatic rings. The van der Waals surface area contributed by atoms with Gasteiger partial charge in [0.15, 0.2) is 0 Å². The SMILES string of the molecule is C[C@H]1CCCC[C@]1(N)CO. The molecular weight excluding hydrogens is 126 g/mol. The minimum absolute atomic E-state index is 0.147. The van der Waals surface area contributed by atoms with Crippen LogP contribution in [0, 0.1) is 5.92 Å². The van der Waals surface area contributed by atoms with Crippen molar-refractivity contribution >= 4 is 0 Å². The van der Waals surface area contributed by atoms with Crippen LogP contribution in [0.15, 0.2) is 0 Å². The number of rotatable bonds is 1. The Kier molecular flexibility index (Phi) is 2.32. The van der Waals surface area contributed by atoms with Crippen LogP contribution in [-0.4, -0.2) is 17.3 Å². The molecule has 10 heavy (non-hydrogen) atoms. The summed E-state index contributed by atoms with van der Waals surface area (Å²) >= 11 is 0. The van der Waals surface area contributed by atoms with Crippen LogP contribution < -0.4 is 5.73 Å². The molecule has 60 valence electrons. The molecule has 1 fully saturated rings. The molecule has 0 saturated heterocycles. The molecule has 0 heterocycles. The van der Waals surface area contributed by atoms with Gasteiger partial charge >= 0.3 is 0 Å². The molecule has 2 nitrogen and oxygen atoms in total. The second kappa shape index (κ2) is 2.89. The van der Waals surface area contributed by atoms with E-state index in [1.165, 1.54) is 19.3 Å². The molecule has 2 atom stereocenters. The van der Waals surface area contributed by atoms with Gasteiger partial charge in [-0.05, 0) is 18.8 Å². The molecule has 1 saturated carbocycles. The van der Waals surface area contributed by atoms with Crippen molar-refractivity contribution in [1.82, 2.24) is 0 Å². The van der Waals surface area contributed by atoms with E-state index in [9.17, 15) is 0 Å². The standard InChI is InChI=1S/C8H17NO/c1-7-4-2-3-5-8(7,9)6-10/h7,10H,2-6,9H2,1H3/t7-,8-/m0/s1. The first kappa shape index (κ1) is 8.02. The van der Waals surface area contributed by atoms with Crippen LogP contribution in [0.4, 0.5) is 0 Å². The van der Waals surface area contributed by atoms with E-state index < -0.39 is 0 Å². The molecule has 0 aromatic rings. The van der Waals surface area contributed by atoms with Crippen LogP contribution in [-0.2, 0) is 0 Å². The second-order valence-electron chi connectivity index (χ2n) is 3.54. The number of hydrogen-bond acceptors (Lipinski definition) is 2. The second-order valence-corrected chi connectivity index (χ2v) is 3.54. The summed E-state index contributed by atoms with van der Waals surface area (Å²) in [6, 6.07) is 0. The molecule has 1 aliphatic carbocycles. The molecule has 0 aliphatic heterocycles. The predicted octanol–water partition coefficient (Wildman–Crippen LogP) is 0.886. The zero-order valence-corrected chi connectivity index (χ0v) is 6.64. The van der Waals surface area contributed by atoms with Crippen LogP contribution in [0.3, 0.4) is 0 Å². The molecule has 1 rings (SSSR count). The van der Waals surface area contributed by atoms with Crippen molar-refractivity contribution in [2.75, 3.05) is 6.61 Å². The van der Waals surface area contributed by atoms with Crippen molar-refractivity contribution in [3.8, 4) is 0 Å². The van der Waals surface area contributed by atoms with Crippen LogP contribution in [0.5, 0.6) is 0 Å². The zero-order valence-electron chi connectivity index (χ0n) is 6.64. The third-order valence-corrected chi connectivity index (χ3v) is 2.81. The van der Waals surface area contributed by atoms with Crippen LogP contribution >= 0.6 is 0 Å². The Balaban J connectivity index is 2.54. The lowest BCUT2D eigenvalue weighted by Crippen LogP contribution is -2.51. The quantitative estimate of drug-likeness (QED) is 0.572. The van der Waals surface area contributed by atoms with Gasteiger partial charge in [-0.3, -0.25) is 0 Å². The highest BCUT2D eigenvalue weighted by Crippen LogP contribution is 2.30. The average molecular weight is 143 g/mol. The smallest absolute Gasteiger partial charge is 0.0613 e. The fourth-order valence-electron chi connectivity index (χ4n) is 1.67. The lowest BCUT2D eigenvalue weighted by molar-refractivity contribution is 0.110. The highest BCUT2D eigenvalue weighted by molar-refractivity contribution is 4.91. The molecule has 0 aromatic heterocycles. The van der Waals surface area contributed by atoms with Crippen LogP contribution in [0.1, 0.15) is 32.6 Å². The maximum atomic E-state index is 9.00. The Morgan fingerprint density at radius 2 is 2.30 bits per heavy atom. The van der Waals surface area contributed by atoms with Crippen molar-refractivity contribution in [2.45, 2.75) is 38.1 Å². The van der Waals surface area contributed by atoms with E-state index >= 15 is 0 Å². The van der Waals surface area contributed by atoms with Gasteiger partial charge in [0.05, 0.1) is 6.61 Å². The number of nitrogens with two attached hydrogens (primary N) is 1. The molecule has 2 heteroatoms. The van der Waals surface area contributed by atoms with E-state index in [-0.39, 0.29) is 12.1 Å². The number of hydrogen-bond donors (Lipinski definition) is 2. The number of aliphatic hydroxyl groups excluding tert-OH is 1. The monoisotopic (exact) mass is 143 g/mol. The van der Waals surface area contributed by atoms with E-state index in [4.69, 9.17) is 10.8 Å². The first-order valence-corrected chi connectivity index (χ1v) is 4.09. The van der Waals surface area contributed by atoms with Crippen molar-refractivity contribution in [2.24, 2.45) is 11.7 Å². The molecule has 0 aromatic carbocycles. The normalized spacial score (nSPS) is 41.7. The van der Waals surface area contributed by atoms with Gasteiger partial charge in [-0.1, -0.05) is 19.8 Å². The van der Waals surface area contributed by atoms with Gasteiger partial charge in [0, 0.05) is 5.54 Å². The van der Waals surface area contributed by atoms with Gasteiger partial charge < -0.3 is 10.8 Å². The maximum absolute atomic E-state index is 9.00. The van der Waals surface area contributed by atoms with E-state index in [1.54, 1.807) is 0 Å². The topological polar surface area (TPSA) is 46.2 Å². The summed E-state index contributed by atoms with van der Waals surface area (Å²) in [5.41, 5.74) is 5.69. The predicted molar refractivity (Wildman–Crippen MR) is 41.6 cm³/mol. The fraction of sp³-hybridized carbons (Fsp3) is 1.00. The molecule has 0 amide bonds. The molecular formula is C8H17NO. The third kappa shape index (κ3) is 1.32. The molecule has 0 bridgehead atoms. The Labute approximate surface area is 62.4 Å². The fourth-order valence-corrected chi connectivity index (χ4v) is 1.67. The van der Waals surface area contributed by atoms with Crippen LogP contribution in [0.2, 0.25) is 0 Å². The summed E-state index contributed by atoms with van der Waals surface area (Å²) in [4.78, 5) is 0. The van der Waals surface area contributed by atoms with Gasteiger partial charge in [-0.15, -0.1) is 0 Å². The third-order valence-electron chi connectivity index (χ3n) is 2.81. The summed E-state index contributed by atoms with van der Waals surface area (Å²) in [6.07, 6.45) is 4.63. The summed E-state index contributed by atoms with van der Waals surface area (Å²) < 4.78 is 0. The maximum Gasteiger partial charge on any atom is 0.0613 e. The zero-order chi connectivity index (χ0) is 7.61. The minimum Gasteiger partial charge on any atom is -0.394 e. The Hall–Kier alpha value is -0.0800. The first-order valence-electron chi connectivity index (χ1n) is 4.09. The summed E-state index contributed by atoms with van der Waals surface area (Å²) in [7, 11) is 0.